The first-order chi connectivity index (χ1) is 9.86. The van der Waals surface area contributed by atoms with E-state index in [0.29, 0.717) is 25.3 Å². The largest absolute Gasteiger partial charge is 0.372 e. The van der Waals surface area contributed by atoms with Crippen LogP contribution in [0.1, 0.15) is 6.42 Å². The average molecular weight is 333 g/mol. The van der Waals surface area contributed by atoms with Gasteiger partial charge < -0.3 is 10.2 Å². The lowest BCUT2D eigenvalue weighted by Gasteiger charge is -2.19. The average Bonchev–Trinajstić information content (AvgIpc) is 2.61. The molecule has 1 aromatic heterocycles. The fourth-order valence-corrected chi connectivity index (χ4v) is 3.79. The van der Waals surface area contributed by atoms with Crippen molar-refractivity contribution < 1.29 is 13.2 Å². The van der Waals surface area contributed by atoms with Crippen LogP contribution in [0.4, 0.5) is 5.82 Å². The Kier molecular flexibility index (Phi) is 4.70. The summed E-state index contributed by atoms with van der Waals surface area (Å²) in [6, 6.07) is 1.34. The molecule has 0 radical (unpaired) electrons. The highest BCUT2D eigenvalue weighted by atomic mass is 35.5. The van der Waals surface area contributed by atoms with Crippen molar-refractivity contribution in [3.05, 3.63) is 17.3 Å². The Balaban J connectivity index is 2.33. The van der Waals surface area contributed by atoms with Crippen LogP contribution in [-0.2, 0) is 14.8 Å². The Morgan fingerprint density at radius 1 is 1.38 bits per heavy atom. The number of carbonyl (C=O) groups is 1. The number of carbonyl (C=O) groups excluding carboxylic acids is 1. The van der Waals surface area contributed by atoms with E-state index >= 15 is 0 Å². The molecule has 0 bridgehead atoms. The molecule has 21 heavy (non-hydrogen) atoms. The van der Waals surface area contributed by atoms with E-state index in [-0.39, 0.29) is 22.4 Å². The van der Waals surface area contributed by atoms with Crippen LogP contribution in [0.3, 0.4) is 0 Å². The maximum absolute atomic E-state index is 12.6. The summed E-state index contributed by atoms with van der Waals surface area (Å²) in [5, 5.41) is 2.98. The number of amides is 1. The van der Waals surface area contributed by atoms with Crippen molar-refractivity contribution in [2.45, 2.75) is 11.3 Å². The Morgan fingerprint density at radius 2 is 2.10 bits per heavy atom. The first-order valence-corrected chi connectivity index (χ1v) is 8.25. The predicted octanol–water partition coefficient (Wildman–Crippen LogP) is 0.629. The predicted molar refractivity (Wildman–Crippen MR) is 79.8 cm³/mol. The summed E-state index contributed by atoms with van der Waals surface area (Å²) in [6.45, 7) is 0.677. The highest BCUT2D eigenvalue weighted by Gasteiger charge is 2.30. The van der Waals surface area contributed by atoms with E-state index in [1.807, 2.05) is 0 Å². The second-order valence-electron chi connectivity index (χ2n) is 4.76. The molecule has 1 aliphatic heterocycles. The lowest BCUT2D eigenvalue weighted by Crippen LogP contribution is -2.38. The standard InChI is InChI=1S/C12H17ClN4O3S/c1-14-12-10(13)6-9(7-15-12)21(19,20)17-5-3-4-16(2)11(18)8-17/h6-7H,3-5,8H2,1-2H3,(H,14,15). The summed E-state index contributed by atoms with van der Waals surface area (Å²) in [4.78, 5) is 17.3. The van der Waals surface area contributed by atoms with E-state index in [1.165, 1.54) is 21.5 Å². The highest BCUT2D eigenvalue weighted by Crippen LogP contribution is 2.24. The summed E-state index contributed by atoms with van der Waals surface area (Å²) in [6.07, 6.45) is 1.84. The summed E-state index contributed by atoms with van der Waals surface area (Å²) in [7, 11) is -0.468. The maximum atomic E-state index is 12.6. The van der Waals surface area contributed by atoms with Gasteiger partial charge in [-0.15, -0.1) is 0 Å². The molecule has 2 heterocycles. The first kappa shape index (κ1) is 16.0. The molecule has 116 valence electrons. The molecular weight excluding hydrogens is 316 g/mol. The van der Waals surface area contributed by atoms with E-state index < -0.39 is 10.0 Å². The van der Waals surface area contributed by atoms with Crippen molar-refractivity contribution in [2.24, 2.45) is 0 Å². The molecule has 1 N–H and O–H groups in total. The lowest BCUT2D eigenvalue weighted by molar-refractivity contribution is -0.129. The molecule has 1 fully saturated rings. The van der Waals surface area contributed by atoms with Crippen LogP contribution in [0.2, 0.25) is 5.02 Å². The van der Waals surface area contributed by atoms with Crippen LogP contribution in [0, 0.1) is 0 Å². The molecule has 7 nitrogen and oxygen atoms in total. The molecule has 1 saturated heterocycles. The molecule has 0 spiro atoms. The Labute approximate surface area is 128 Å². The number of rotatable bonds is 3. The van der Waals surface area contributed by atoms with Crippen LogP contribution in [0.25, 0.3) is 0 Å². The minimum Gasteiger partial charge on any atom is -0.372 e. The SMILES string of the molecule is CNc1ncc(S(=O)(=O)N2CCCN(C)C(=O)C2)cc1Cl. The van der Waals surface area contributed by atoms with Crippen molar-refractivity contribution in [1.82, 2.24) is 14.2 Å². The normalized spacial score (nSPS) is 17.7. The summed E-state index contributed by atoms with van der Waals surface area (Å²) < 4.78 is 26.3. The number of nitrogens with one attached hydrogen (secondary N) is 1. The third-order valence-electron chi connectivity index (χ3n) is 3.33. The number of nitrogens with zero attached hydrogens (tertiary/aromatic N) is 3. The Morgan fingerprint density at radius 3 is 2.71 bits per heavy atom. The number of hydrogen-bond acceptors (Lipinski definition) is 5. The fourth-order valence-electron chi connectivity index (χ4n) is 2.06. The monoisotopic (exact) mass is 332 g/mol. The van der Waals surface area contributed by atoms with E-state index in [1.54, 1.807) is 14.1 Å². The van der Waals surface area contributed by atoms with E-state index in [2.05, 4.69) is 10.3 Å². The molecule has 0 atom stereocenters. The molecule has 2 rings (SSSR count). The summed E-state index contributed by atoms with van der Waals surface area (Å²) in [5.41, 5.74) is 0. The van der Waals surface area contributed by atoms with Crippen molar-refractivity contribution in [3.63, 3.8) is 0 Å². The van der Waals surface area contributed by atoms with E-state index in [0.717, 1.165) is 0 Å². The number of pyridine rings is 1. The topological polar surface area (TPSA) is 82.6 Å². The zero-order valence-electron chi connectivity index (χ0n) is 11.8. The lowest BCUT2D eigenvalue weighted by atomic mass is 10.4. The number of hydrogen-bond donors (Lipinski definition) is 1. The van der Waals surface area contributed by atoms with Gasteiger partial charge in [-0.2, -0.15) is 4.31 Å². The van der Waals surface area contributed by atoms with Gasteiger partial charge in [-0.3, -0.25) is 4.79 Å². The van der Waals surface area contributed by atoms with Crippen LogP contribution >= 0.6 is 11.6 Å². The van der Waals surface area contributed by atoms with Crippen molar-refractivity contribution >= 4 is 33.3 Å². The van der Waals surface area contributed by atoms with Gasteiger partial charge in [0.1, 0.15) is 10.7 Å². The van der Waals surface area contributed by atoms with Crippen LogP contribution in [0.15, 0.2) is 17.2 Å². The zero-order valence-corrected chi connectivity index (χ0v) is 13.4. The fraction of sp³-hybridized carbons (Fsp3) is 0.500. The number of sulfonamides is 1. The van der Waals surface area contributed by atoms with Crippen molar-refractivity contribution in [1.29, 1.82) is 0 Å². The number of likely N-dealkylation sites (N-methyl/N-ethyl adjacent to an activating group) is 1. The van der Waals surface area contributed by atoms with E-state index in [4.69, 9.17) is 11.6 Å². The number of halogens is 1. The maximum Gasteiger partial charge on any atom is 0.245 e. The van der Waals surface area contributed by atoms with Gasteiger partial charge in [0.25, 0.3) is 0 Å². The molecule has 0 saturated carbocycles. The van der Waals surface area contributed by atoms with Crippen LogP contribution < -0.4 is 5.32 Å². The number of aromatic nitrogens is 1. The molecule has 0 aromatic carbocycles. The second-order valence-corrected chi connectivity index (χ2v) is 7.10. The number of anilines is 1. The molecule has 9 heteroatoms. The third kappa shape index (κ3) is 3.28. The minimum absolute atomic E-state index is 0.0103. The first-order valence-electron chi connectivity index (χ1n) is 6.43. The molecule has 1 aliphatic rings. The van der Waals surface area contributed by atoms with Gasteiger partial charge in [-0.1, -0.05) is 11.6 Å². The molecule has 1 aromatic rings. The third-order valence-corrected chi connectivity index (χ3v) is 5.43. The minimum atomic E-state index is -3.78. The second kappa shape index (κ2) is 6.17. The van der Waals surface area contributed by atoms with Gasteiger partial charge in [0.15, 0.2) is 0 Å². The molecule has 1 amide bonds. The van der Waals surface area contributed by atoms with Crippen molar-refractivity contribution in [2.75, 3.05) is 39.0 Å². The smallest absolute Gasteiger partial charge is 0.245 e. The van der Waals surface area contributed by atoms with Gasteiger partial charge in [0.2, 0.25) is 15.9 Å². The zero-order chi connectivity index (χ0) is 15.6. The summed E-state index contributed by atoms with van der Waals surface area (Å²) in [5.74, 6) is 0.185. The van der Waals surface area contributed by atoms with Crippen LogP contribution in [-0.4, -0.2) is 62.2 Å². The molecular formula is C12H17ClN4O3S. The molecule has 0 aliphatic carbocycles. The highest BCUT2D eigenvalue weighted by molar-refractivity contribution is 7.89. The van der Waals surface area contributed by atoms with Gasteiger partial charge in [0, 0.05) is 33.4 Å². The quantitative estimate of drug-likeness (QED) is 0.878. The van der Waals surface area contributed by atoms with Gasteiger partial charge >= 0.3 is 0 Å². The van der Waals surface area contributed by atoms with Gasteiger partial charge in [0.05, 0.1) is 11.6 Å². The molecule has 0 unspecified atom stereocenters. The van der Waals surface area contributed by atoms with Crippen LogP contribution in [0.5, 0.6) is 0 Å². The Bertz CT molecular complexity index is 650. The van der Waals surface area contributed by atoms with Gasteiger partial charge in [-0.25, -0.2) is 13.4 Å². The summed E-state index contributed by atoms with van der Waals surface area (Å²) >= 11 is 5.98. The van der Waals surface area contributed by atoms with Gasteiger partial charge in [-0.05, 0) is 12.5 Å². The van der Waals surface area contributed by atoms with E-state index in [9.17, 15) is 13.2 Å². The Hall–Kier alpha value is -1.38. The van der Waals surface area contributed by atoms with Crippen molar-refractivity contribution in [3.8, 4) is 0 Å².